The highest BCUT2D eigenvalue weighted by Crippen LogP contribution is 2.24. The van der Waals surface area contributed by atoms with Crippen molar-refractivity contribution in [3.8, 4) is 6.07 Å². The van der Waals surface area contributed by atoms with Crippen molar-refractivity contribution in [1.82, 2.24) is 15.3 Å². The van der Waals surface area contributed by atoms with E-state index in [1.54, 1.807) is 6.92 Å². The van der Waals surface area contributed by atoms with E-state index >= 15 is 0 Å². The number of nitriles is 1. The van der Waals surface area contributed by atoms with E-state index in [9.17, 15) is 10.1 Å². The lowest BCUT2D eigenvalue weighted by atomic mass is 9.90. The molecule has 0 saturated heterocycles. The Morgan fingerprint density at radius 3 is 2.82 bits per heavy atom. The first-order chi connectivity index (χ1) is 10.5. The van der Waals surface area contributed by atoms with Crippen molar-refractivity contribution in [2.75, 3.05) is 5.75 Å². The van der Waals surface area contributed by atoms with Crippen LogP contribution in [0, 0.1) is 17.2 Å². The Labute approximate surface area is 134 Å². The van der Waals surface area contributed by atoms with Crippen molar-refractivity contribution >= 4 is 28.6 Å². The summed E-state index contributed by atoms with van der Waals surface area (Å²) in [5.74, 6) is 0.0714. The minimum Gasteiger partial charge on any atom is -0.337 e. The lowest BCUT2D eigenvalue weighted by Gasteiger charge is -2.27. The van der Waals surface area contributed by atoms with Crippen LogP contribution in [-0.4, -0.2) is 27.2 Å². The fraction of sp³-hybridized carbons (Fsp3) is 0.375. The zero-order valence-corrected chi connectivity index (χ0v) is 13.6. The zero-order chi connectivity index (χ0) is 16.2. The van der Waals surface area contributed by atoms with E-state index < -0.39 is 5.54 Å². The molecule has 22 heavy (non-hydrogen) atoms. The van der Waals surface area contributed by atoms with Crippen LogP contribution in [0.2, 0.25) is 0 Å². The highest BCUT2D eigenvalue weighted by molar-refractivity contribution is 8.00. The molecule has 0 radical (unpaired) electrons. The summed E-state index contributed by atoms with van der Waals surface area (Å²) in [4.78, 5) is 20.5. The summed E-state index contributed by atoms with van der Waals surface area (Å²) in [6.07, 6.45) is 1.50. The number of rotatable bonds is 5. The molecule has 1 aromatic carbocycles. The van der Waals surface area contributed by atoms with Crippen molar-refractivity contribution in [2.24, 2.45) is 5.92 Å². The van der Waals surface area contributed by atoms with Crippen molar-refractivity contribution in [3.05, 3.63) is 30.6 Å². The molecule has 2 rings (SSSR count). The smallest absolute Gasteiger partial charge is 0.231 e. The predicted molar refractivity (Wildman–Crippen MR) is 87.3 cm³/mol. The van der Waals surface area contributed by atoms with Gasteiger partial charge >= 0.3 is 0 Å². The van der Waals surface area contributed by atoms with Crippen molar-refractivity contribution in [2.45, 2.75) is 31.3 Å². The van der Waals surface area contributed by atoms with E-state index in [4.69, 9.17) is 0 Å². The Morgan fingerprint density at radius 2 is 2.14 bits per heavy atom. The molecular formula is C16H18N4OS. The number of carbonyl (C=O) groups is 1. The van der Waals surface area contributed by atoms with Gasteiger partial charge in [0.05, 0.1) is 17.3 Å². The van der Waals surface area contributed by atoms with Gasteiger partial charge in [0.15, 0.2) is 0 Å². The van der Waals surface area contributed by atoms with Gasteiger partial charge in [-0.05, 0) is 18.9 Å². The minimum absolute atomic E-state index is 0.0336. The molecule has 0 unspecified atom stereocenters. The highest BCUT2D eigenvalue weighted by Gasteiger charge is 2.29. The first kappa shape index (κ1) is 16.2. The number of carbonyl (C=O) groups excluding carboxylic acids is 1. The van der Waals surface area contributed by atoms with Crippen LogP contribution in [0.1, 0.15) is 20.8 Å². The maximum atomic E-state index is 12.1. The molecule has 1 atom stereocenters. The lowest BCUT2D eigenvalue weighted by molar-refractivity contribution is -0.120. The molecule has 5 nitrogen and oxygen atoms in total. The van der Waals surface area contributed by atoms with E-state index in [-0.39, 0.29) is 17.6 Å². The molecular weight excluding hydrogens is 296 g/mol. The number of benzene rings is 1. The van der Waals surface area contributed by atoms with Crippen molar-refractivity contribution in [3.63, 3.8) is 0 Å². The molecule has 0 aliphatic carbocycles. The van der Waals surface area contributed by atoms with Gasteiger partial charge in [-0.25, -0.2) is 9.97 Å². The summed E-state index contributed by atoms with van der Waals surface area (Å²) >= 11 is 1.35. The molecule has 2 aromatic rings. The average Bonchev–Trinajstić information content (AvgIpc) is 2.52. The second-order valence-electron chi connectivity index (χ2n) is 5.50. The third-order valence-electron chi connectivity index (χ3n) is 3.63. The van der Waals surface area contributed by atoms with Gasteiger partial charge in [0, 0.05) is 5.39 Å². The van der Waals surface area contributed by atoms with Gasteiger partial charge in [-0.2, -0.15) is 5.26 Å². The number of hydrogen-bond acceptors (Lipinski definition) is 5. The average molecular weight is 314 g/mol. The molecule has 1 amide bonds. The number of hydrogen-bond donors (Lipinski definition) is 1. The third kappa shape index (κ3) is 3.55. The van der Waals surface area contributed by atoms with E-state index in [2.05, 4.69) is 21.4 Å². The molecule has 114 valence electrons. The van der Waals surface area contributed by atoms with Crippen LogP contribution in [0.15, 0.2) is 35.6 Å². The molecule has 6 heteroatoms. The number of para-hydroxylation sites is 1. The van der Waals surface area contributed by atoms with Gasteiger partial charge in [0.1, 0.15) is 16.9 Å². The van der Waals surface area contributed by atoms with Gasteiger partial charge < -0.3 is 5.32 Å². The van der Waals surface area contributed by atoms with Crippen LogP contribution < -0.4 is 5.32 Å². The molecule has 0 spiro atoms. The lowest BCUT2D eigenvalue weighted by Crippen LogP contribution is -2.49. The number of nitrogens with zero attached hydrogens (tertiary/aromatic N) is 3. The number of nitrogens with one attached hydrogen (secondary N) is 1. The van der Waals surface area contributed by atoms with E-state index in [0.29, 0.717) is 0 Å². The van der Waals surface area contributed by atoms with Crippen LogP contribution in [0.3, 0.4) is 0 Å². The Kier molecular flexibility index (Phi) is 4.99. The topological polar surface area (TPSA) is 78.7 Å². The second-order valence-corrected chi connectivity index (χ2v) is 6.47. The van der Waals surface area contributed by atoms with E-state index in [0.717, 1.165) is 15.9 Å². The first-order valence-corrected chi connectivity index (χ1v) is 7.99. The highest BCUT2D eigenvalue weighted by atomic mass is 32.2. The van der Waals surface area contributed by atoms with Crippen LogP contribution in [0.4, 0.5) is 0 Å². The Balaban J connectivity index is 2.06. The normalized spacial score (nSPS) is 13.6. The quantitative estimate of drug-likeness (QED) is 0.678. The van der Waals surface area contributed by atoms with Crippen molar-refractivity contribution in [1.29, 1.82) is 5.26 Å². The third-order valence-corrected chi connectivity index (χ3v) is 4.64. The molecule has 0 bridgehead atoms. The zero-order valence-electron chi connectivity index (χ0n) is 12.8. The molecule has 0 aliphatic heterocycles. The maximum Gasteiger partial charge on any atom is 0.231 e. The molecule has 1 heterocycles. The fourth-order valence-corrected chi connectivity index (χ4v) is 2.65. The Hall–Kier alpha value is -2.13. The Bertz CT molecular complexity index is 720. The number of fused-ring (bicyclic) bond motifs is 1. The van der Waals surface area contributed by atoms with Crippen LogP contribution >= 0.6 is 11.8 Å². The molecule has 0 fully saturated rings. The van der Waals surface area contributed by atoms with Gasteiger partial charge in [0.25, 0.3) is 0 Å². The maximum absolute atomic E-state index is 12.1. The molecule has 1 aromatic heterocycles. The van der Waals surface area contributed by atoms with Gasteiger partial charge in [-0.3, -0.25) is 4.79 Å². The number of aromatic nitrogens is 2. The Morgan fingerprint density at radius 1 is 1.41 bits per heavy atom. The molecule has 0 aliphatic rings. The van der Waals surface area contributed by atoms with Crippen LogP contribution in [0.25, 0.3) is 10.9 Å². The second kappa shape index (κ2) is 6.75. The first-order valence-electron chi connectivity index (χ1n) is 7.01. The van der Waals surface area contributed by atoms with Gasteiger partial charge in [-0.15, -0.1) is 0 Å². The number of thioether (sulfide) groups is 1. The van der Waals surface area contributed by atoms with E-state index in [1.807, 2.05) is 38.1 Å². The summed E-state index contributed by atoms with van der Waals surface area (Å²) in [7, 11) is 0. The predicted octanol–water partition coefficient (Wildman–Crippen LogP) is 2.78. The molecule has 1 N–H and O–H groups in total. The largest absolute Gasteiger partial charge is 0.337 e. The van der Waals surface area contributed by atoms with Crippen LogP contribution in [-0.2, 0) is 4.79 Å². The summed E-state index contributed by atoms with van der Waals surface area (Å²) in [5.41, 5.74) is -0.00443. The van der Waals surface area contributed by atoms with Crippen LogP contribution in [0.5, 0.6) is 0 Å². The van der Waals surface area contributed by atoms with E-state index in [1.165, 1.54) is 18.1 Å². The van der Waals surface area contributed by atoms with Gasteiger partial charge in [-0.1, -0.05) is 43.8 Å². The summed E-state index contributed by atoms with van der Waals surface area (Å²) < 4.78 is 0. The molecule has 0 saturated carbocycles. The SMILES string of the molecule is CC(C)[C@](C)(C#N)NC(=O)CSc1ncnc2ccccc12. The minimum atomic E-state index is -0.856. The van der Waals surface area contributed by atoms with Crippen molar-refractivity contribution < 1.29 is 4.79 Å². The monoisotopic (exact) mass is 314 g/mol. The standard InChI is InChI=1S/C16H18N4OS/c1-11(2)16(3,9-17)20-14(21)8-22-15-12-6-4-5-7-13(12)18-10-19-15/h4-7,10-11H,8H2,1-3H3,(H,20,21)/t16-/m0/s1. The van der Waals surface area contributed by atoms with Gasteiger partial charge in [0.2, 0.25) is 5.91 Å². The summed E-state index contributed by atoms with van der Waals surface area (Å²) in [5, 5.41) is 13.7. The number of amides is 1. The fourth-order valence-electron chi connectivity index (χ4n) is 1.86. The summed E-state index contributed by atoms with van der Waals surface area (Å²) in [6, 6.07) is 9.84. The summed E-state index contributed by atoms with van der Waals surface area (Å²) in [6.45, 7) is 5.56.